The Hall–Kier alpha value is -0.370. The lowest BCUT2D eigenvalue weighted by atomic mass is 10.5. The molecule has 46 valence electrons. The molecule has 0 saturated heterocycles. The molecule has 2 heteroatoms. The van der Waals surface area contributed by atoms with E-state index in [1.807, 2.05) is 38.1 Å². The van der Waals surface area contributed by atoms with Crippen molar-refractivity contribution < 1.29 is 0 Å². The van der Waals surface area contributed by atoms with Gasteiger partial charge in [0.15, 0.2) is 0 Å². The Bertz CT molecular complexity index is 105. The molecule has 0 aliphatic heterocycles. The number of hydrogen-bond acceptors (Lipinski definition) is 1. The highest BCUT2D eigenvalue weighted by Crippen LogP contribution is 1.83. The van der Waals surface area contributed by atoms with Gasteiger partial charge in [-0.25, -0.2) is 0 Å². The van der Waals surface area contributed by atoms with Crippen LogP contribution in [0.3, 0.4) is 0 Å². The van der Waals surface area contributed by atoms with E-state index >= 15 is 0 Å². The van der Waals surface area contributed by atoms with Crippen LogP contribution in [0.4, 0.5) is 0 Å². The maximum atomic E-state index is 4.92. The third-order valence-electron chi connectivity index (χ3n) is 0.750. The highest BCUT2D eigenvalue weighted by atomic mass is 32.1. The standard InChI is InChI=1S/C6H11NS/c1-4-5-6(8)7(2)3/h4-5H,1-3H3. The molecule has 0 bridgehead atoms. The molecule has 0 aromatic carbocycles. The van der Waals surface area contributed by atoms with Crippen molar-refractivity contribution in [1.82, 2.24) is 4.90 Å². The van der Waals surface area contributed by atoms with Crippen LogP contribution in [0, 0.1) is 0 Å². The Balaban J connectivity index is 3.66. The van der Waals surface area contributed by atoms with Gasteiger partial charge >= 0.3 is 0 Å². The SMILES string of the molecule is CC=CC(=S)N(C)C. The Morgan fingerprint density at radius 2 is 2.00 bits per heavy atom. The first-order chi connectivity index (χ1) is 3.68. The second-order valence-corrected chi connectivity index (χ2v) is 2.15. The highest BCUT2D eigenvalue weighted by Gasteiger charge is 1.87. The topological polar surface area (TPSA) is 3.24 Å². The summed E-state index contributed by atoms with van der Waals surface area (Å²) >= 11 is 4.92. The fourth-order valence-electron chi connectivity index (χ4n) is 0.292. The van der Waals surface area contributed by atoms with Crippen LogP contribution >= 0.6 is 12.2 Å². The molecule has 0 aromatic heterocycles. The largest absolute Gasteiger partial charge is 0.369 e. The molecule has 0 amide bonds. The van der Waals surface area contributed by atoms with Crippen LogP contribution in [0.15, 0.2) is 12.2 Å². The number of hydrogen-bond donors (Lipinski definition) is 0. The van der Waals surface area contributed by atoms with E-state index in [1.165, 1.54) is 0 Å². The summed E-state index contributed by atoms with van der Waals surface area (Å²) in [5, 5.41) is 0. The van der Waals surface area contributed by atoms with E-state index < -0.39 is 0 Å². The molecule has 0 saturated carbocycles. The smallest absolute Gasteiger partial charge is 0.100 e. The molecule has 0 rings (SSSR count). The summed E-state index contributed by atoms with van der Waals surface area (Å²) in [6.07, 6.45) is 3.83. The lowest BCUT2D eigenvalue weighted by molar-refractivity contribution is 0.639. The zero-order valence-corrected chi connectivity index (χ0v) is 6.33. The number of nitrogens with zero attached hydrogens (tertiary/aromatic N) is 1. The average molecular weight is 129 g/mol. The van der Waals surface area contributed by atoms with Crippen molar-refractivity contribution in [3.05, 3.63) is 12.2 Å². The minimum Gasteiger partial charge on any atom is -0.369 e. The molecule has 0 aliphatic rings. The molecular weight excluding hydrogens is 118 g/mol. The third kappa shape index (κ3) is 2.75. The average Bonchev–Trinajstić information content (AvgIpc) is 1.67. The van der Waals surface area contributed by atoms with Gasteiger partial charge in [0, 0.05) is 14.1 Å². The predicted octanol–water partition coefficient (Wildman–Crippen LogP) is 1.45. The maximum absolute atomic E-state index is 4.92. The molecule has 1 nitrogen and oxygen atoms in total. The molecule has 8 heavy (non-hydrogen) atoms. The number of rotatable bonds is 1. The van der Waals surface area contributed by atoms with Gasteiger partial charge in [0.25, 0.3) is 0 Å². The second kappa shape index (κ2) is 3.61. The van der Waals surface area contributed by atoms with Crippen molar-refractivity contribution in [2.75, 3.05) is 14.1 Å². The summed E-state index contributed by atoms with van der Waals surface area (Å²) < 4.78 is 0. The zero-order valence-electron chi connectivity index (χ0n) is 5.51. The van der Waals surface area contributed by atoms with Gasteiger partial charge < -0.3 is 4.90 Å². The van der Waals surface area contributed by atoms with E-state index in [9.17, 15) is 0 Å². The van der Waals surface area contributed by atoms with Crippen molar-refractivity contribution in [2.24, 2.45) is 0 Å². The van der Waals surface area contributed by atoms with Gasteiger partial charge in [-0.15, -0.1) is 0 Å². The molecule has 0 radical (unpaired) electrons. The van der Waals surface area contributed by atoms with E-state index in [-0.39, 0.29) is 0 Å². The van der Waals surface area contributed by atoms with E-state index in [0.29, 0.717) is 0 Å². The van der Waals surface area contributed by atoms with Crippen molar-refractivity contribution in [3.63, 3.8) is 0 Å². The zero-order chi connectivity index (χ0) is 6.57. The molecule has 0 spiro atoms. The summed E-state index contributed by atoms with van der Waals surface area (Å²) in [5.41, 5.74) is 0. The van der Waals surface area contributed by atoms with E-state index in [2.05, 4.69) is 0 Å². The summed E-state index contributed by atoms with van der Waals surface area (Å²) in [6.45, 7) is 1.95. The lowest BCUT2D eigenvalue weighted by Crippen LogP contribution is -2.16. The van der Waals surface area contributed by atoms with Gasteiger partial charge in [0.05, 0.1) is 0 Å². The molecule has 0 fully saturated rings. The van der Waals surface area contributed by atoms with E-state index in [0.717, 1.165) is 4.99 Å². The summed E-state index contributed by atoms with van der Waals surface area (Å²) in [4.78, 5) is 2.77. The third-order valence-corrected chi connectivity index (χ3v) is 1.25. The van der Waals surface area contributed by atoms with Crippen molar-refractivity contribution in [3.8, 4) is 0 Å². The van der Waals surface area contributed by atoms with Crippen LogP contribution < -0.4 is 0 Å². The summed E-state index contributed by atoms with van der Waals surface area (Å²) in [6, 6.07) is 0. The number of thiocarbonyl (C=S) groups is 1. The van der Waals surface area contributed by atoms with Crippen molar-refractivity contribution >= 4 is 17.2 Å². The Morgan fingerprint density at radius 1 is 1.50 bits per heavy atom. The maximum Gasteiger partial charge on any atom is 0.100 e. The van der Waals surface area contributed by atoms with Crippen molar-refractivity contribution in [1.29, 1.82) is 0 Å². The quantitative estimate of drug-likeness (QED) is 0.389. The minimum atomic E-state index is 0.868. The van der Waals surface area contributed by atoms with Crippen LogP contribution in [0.5, 0.6) is 0 Å². The highest BCUT2D eigenvalue weighted by molar-refractivity contribution is 7.80. The van der Waals surface area contributed by atoms with Gasteiger partial charge in [-0.2, -0.15) is 0 Å². The van der Waals surface area contributed by atoms with Crippen LogP contribution in [-0.2, 0) is 0 Å². The van der Waals surface area contributed by atoms with Gasteiger partial charge in [-0.1, -0.05) is 18.3 Å². The Kier molecular flexibility index (Phi) is 3.44. The Morgan fingerprint density at radius 3 is 2.12 bits per heavy atom. The van der Waals surface area contributed by atoms with Gasteiger partial charge in [-0.3, -0.25) is 0 Å². The molecule has 0 heterocycles. The van der Waals surface area contributed by atoms with Crippen LogP contribution in [0.25, 0.3) is 0 Å². The first-order valence-corrected chi connectivity index (χ1v) is 2.93. The van der Waals surface area contributed by atoms with Gasteiger partial charge in [0.2, 0.25) is 0 Å². The summed E-state index contributed by atoms with van der Waals surface area (Å²) in [5.74, 6) is 0. The first kappa shape index (κ1) is 7.63. The molecule has 0 atom stereocenters. The van der Waals surface area contributed by atoms with Crippen molar-refractivity contribution in [2.45, 2.75) is 6.92 Å². The normalized spacial score (nSPS) is 9.88. The van der Waals surface area contributed by atoms with E-state index in [4.69, 9.17) is 12.2 Å². The lowest BCUT2D eigenvalue weighted by Gasteiger charge is -2.07. The molecular formula is C6H11NS. The first-order valence-electron chi connectivity index (χ1n) is 2.52. The van der Waals surface area contributed by atoms with Crippen LogP contribution in [0.1, 0.15) is 6.92 Å². The predicted molar refractivity (Wildman–Crippen MR) is 41.1 cm³/mol. The number of likely N-dealkylation sites (N-methyl/N-ethyl adjacent to an activating group) is 1. The van der Waals surface area contributed by atoms with Crippen LogP contribution in [-0.4, -0.2) is 24.0 Å². The second-order valence-electron chi connectivity index (χ2n) is 1.73. The molecule has 0 unspecified atom stereocenters. The van der Waals surface area contributed by atoms with Crippen LogP contribution in [0.2, 0.25) is 0 Å². The minimum absolute atomic E-state index is 0.868. The monoisotopic (exact) mass is 129 g/mol. The number of allylic oxidation sites excluding steroid dienone is 1. The molecule has 0 aromatic rings. The van der Waals surface area contributed by atoms with E-state index in [1.54, 1.807) is 0 Å². The fraction of sp³-hybridized carbons (Fsp3) is 0.500. The Labute approximate surface area is 56.0 Å². The molecule has 0 aliphatic carbocycles. The summed E-state index contributed by atoms with van der Waals surface area (Å²) in [7, 11) is 3.87. The van der Waals surface area contributed by atoms with Gasteiger partial charge in [0.1, 0.15) is 4.99 Å². The van der Waals surface area contributed by atoms with Gasteiger partial charge in [-0.05, 0) is 13.0 Å². The molecule has 0 N–H and O–H groups in total. The fourth-order valence-corrected chi connectivity index (χ4v) is 0.428.